The van der Waals surface area contributed by atoms with Gasteiger partial charge in [0, 0.05) is 15.6 Å². The first kappa shape index (κ1) is 15.5. The maximum absolute atomic E-state index is 13.2. The predicted octanol–water partition coefficient (Wildman–Crippen LogP) is 4.61. The number of nitrogens with zero attached hydrogens (tertiary/aromatic N) is 1. The summed E-state index contributed by atoms with van der Waals surface area (Å²) in [5, 5.41) is 3.30. The first-order valence-electron chi connectivity index (χ1n) is 6.02. The molecule has 0 unspecified atom stereocenters. The topological polar surface area (TPSA) is 41.5 Å². The van der Waals surface area contributed by atoms with E-state index in [-0.39, 0.29) is 10.9 Å². The lowest BCUT2D eigenvalue weighted by Gasteiger charge is -2.05. The van der Waals surface area contributed by atoms with Gasteiger partial charge >= 0.3 is 0 Å². The van der Waals surface area contributed by atoms with Gasteiger partial charge in [0.25, 0.3) is 5.91 Å². The summed E-state index contributed by atoms with van der Waals surface area (Å²) in [5.74, 6) is -0.516. The van der Waals surface area contributed by atoms with Crippen molar-refractivity contribution in [3.63, 3.8) is 0 Å². The monoisotopic (exact) mass is 324 g/mol. The van der Waals surface area contributed by atoms with Crippen molar-refractivity contribution in [3.05, 3.63) is 63.9 Å². The van der Waals surface area contributed by atoms with E-state index in [2.05, 4.69) is 10.3 Å². The van der Waals surface area contributed by atoms with Gasteiger partial charge < -0.3 is 5.32 Å². The molecule has 21 heavy (non-hydrogen) atoms. The molecule has 0 radical (unpaired) electrons. The number of amides is 1. The molecule has 1 amide bonds. The van der Waals surface area contributed by atoms with Crippen LogP contribution in [-0.4, -0.2) is 11.7 Å². The molecule has 1 N–H and O–H groups in total. The zero-order valence-electron chi connectivity index (χ0n) is 11.0. The van der Waals surface area contributed by atoms with Gasteiger partial charge in [-0.15, -0.1) is 0 Å². The normalized spacial score (nSPS) is 11.3. The molecule has 0 aromatic heterocycles. The summed E-state index contributed by atoms with van der Waals surface area (Å²) in [6.45, 7) is 1.60. The highest BCUT2D eigenvalue weighted by Crippen LogP contribution is 2.20. The van der Waals surface area contributed by atoms with E-state index in [1.54, 1.807) is 31.2 Å². The van der Waals surface area contributed by atoms with Crippen LogP contribution in [0.4, 0.5) is 10.1 Å². The molecule has 0 spiro atoms. The molecule has 0 aliphatic rings. The van der Waals surface area contributed by atoms with Crippen LogP contribution >= 0.6 is 23.2 Å². The molecule has 3 nitrogen and oxygen atoms in total. The van der Waals surface area contributed by atoms with Gasteiger partial charge in [0.15, 0.2) is 0 Å². The van der Waals surface area contributed by atoms with Crippen LogP contribution in [0.15, 0.2) is 47.5 Å². The summed E-state index contributed by atoms with van der Waals surface area (Å²) in [7, 11) is 0. The van der Waals surface area contributed by atoms with Crippen LogP contribution in [-0.2, 0) is 0 Å². The summed E-state index contributed by atoms with van der Waals surface area (Å²) >= 11 is 11.6. The van der Waals surface area contributed by atoms with Crippen LogP contribution < -0.4 is 5.32 Å². The first-order valence-corrected chi connectivity index (χ1v) is 6.78. The van der Waals surface area contributed by atoms with Crippen LogP contribution in [0, 0.1) is 5.82 Å². The number of amidine groups is 1. The van der Waals surface area contributed by atoms with E-state index < -0.39 is 5.82 Å². The molecule has 2 aromatic rings. The lowest BCUT2D eigenvalue weighted by molar-refractivity contribution is 0.0977. The summed E-state index contributed by atoms with van der Waals surface area (Å²) in [6, 6.07) is 10.4. The highest BCUT2D eigenvalue weighted by atomic mass is 35.5. The predicted molar refractivity (Wildman–Crippen MR) is 83.1 cm³/mol. The summed E-state index contributed by atoms with van der Waals surface area (Å²) in [4.78, 5) is 16.1. The number of carbonyl (C=O) groups is 1. The van der Waals surface area contributed by atoms with Gasteiger partial charge in [0.2, 0.25) is 0 Å². The Bertz CT molecular complexity index is 696. The van der Waals surface area contributed by atoms with Gasteiger partial charge in [0.05, 0.1) is 5.69 Å². The number of carbonyl (C=O) groups excluding carboxylic acids is 1. The van der Waals surface area contributed by atoms with E-state index in [4.69, 9.17) is 23.2 Å². The Labute approximate surface area is 131 Å². The van der Waals surface area contributed by atoms with Crippen LogP contribution in [0.2, 0.25) is 10.0 Å². The Hall–Kier alpha value is -1.91. The second kappa shape index (κ2) is 6.70. The molecular weight excluding hydrogens is 314 g/mol. The van der Waals surface area contributed by atoms with Gasteiger partial charge in [-0.3, -0.25) is 4.79 Å². The third kappa shape index (κ3) is 4.55. The Morgan fingerprint density at radius 1 is 1.14 bits per heavy atom. The molecule has 0 fully saturated rings. The van der Waals surface area contributed by atoms with Gasteiger partial charge in [-0.05, 0) is 43.3 Å². The Balaban J connectivity index is 2.15. The number of aliphatic imine (C=N–C) groups is 1. The van der Waals surface area contributed by atoms with Crippen molar-refractivity contribution in [2.75, 3.05) is 0 Å². The Morgan fingerprint density at radius 3 is 2.57 bits per heavy atom. The van der Waals surface area contributed by atoms with Crippen LogP contribution in [0.25, 0.3) is 0 Å². The van der Waals surface area contributed by atoms with E-state index in [1.807, 2.05) is 0 Å². The molecule has 0 heterocycles. The number of hydrogen-bond acceptors (Lipinski definition) is 2. The lowest BCUT2D eigenvalue weighted by Crippen LogP contribution is -2.28. The van der Waals surface area contributed by atoms with E-state index in [0.29, 0.717) is 22.1 Å². The fourth-order valence-electron chi connectivity index (χ4n) is 1.69. The quantitative estimate of drug-likeness (QED) is 0.636. The molecule has 0 bridgehead atoms. The highest BCUT2D eigenvalue weighted by molar-refractivity contribution is 6.31. The number of benzene rings is 2. The zero-order chi connectivity index (χ0) is 15.4. The highest BCUT2D eigenvalue weighted by Gasteiger charge is 2.07. The van der Waals surface area contributed by atoms with E-state index in [1.165, 1.54) is 18.2 Å². The maximum atomic E-state index is 13.2. The molecule has 108 valence electrons. The minimum atomic E-state index is -0.491. The van der Waals surface area contributed by atoms with Gasteiger partial charge in [-0.25, -0.2) is 9.38 Å². The third-order valence-corrected chi connectivity index (χ3v) is 2.98. The van der Waals surface area contributed by atoms with Crippen LogP contribution in [0.3, 0.4) is 0 Å². The minimum Gasteiger partial charge on any atom is -0.310 e. The summed E-state index contributed by atoms with van der Waals surface area (Å²) in [5.41, 5.74) is 0.734. The van der Waals surface area contributed by atoms with Crippen LogP contribution in [0.1, 0.15) is 17.3 Å². The van der Waals surface area contributed by atoms with Crippen molar-refractivity contribution in [3.8, 4) is 0 Å². The average Bonchev–Trinajstić information content (AvgIpc) is 2.37. The van der Waals surface area contributed by atoms with E-state index in [9.17, 15) is 9.18 Å². The molecular formula is C15H11Cl2FN2O. The third-order valence-electron chi connectivity index (χ3n) is 2.53. The molecule has 0 aliphatic carbocycles. The average molecular weight is 325 g/mol. The number of halogens is 3. The largest absolute Gasteiger partial charge is 0.310 e. The standard InChI is InChI=1S/C15H11Cl2FN2O/c1-9(19-14-7-12(17)6-13(18)8-14)20-15(21)10-3-2-4-11(16)5-10/h2-8H,1H3,(H,19,20,21). The van der Waals surface area contributed by atoms with Crippen LogP contribution in [0.5, 0.6) is 0 Å². The van der Waals surface area contributed by atoms with Crippen molar-refractivity contribution in [2.24, 2.45) is 4.99 Å². The fraction of sp³-hybridized carbons (Fsp3) is 0.0667. The fourth-order valence-corrected chi connectivity index (χ4v) is 2.10. The van der Waals surface area contributed by atoms with Gasteiger partial charge in [-0.2, -0.15) is 0 Å². The molecule has 0 aliphatic heterocycles. The number of nitrogens with one attached hydrogen (secondary N) is 1. The second-order valence-electron chi connectivity index (χ2n) is 4.29. The van der Waals surface area contributed by atoms with Gasteiger partial charge in [0.1, 0.15) is 11.7 Å². The molecule has 0 atom stereocenters. The second-order valence-corrected chi connectivity index (χ2v) is 5.16. The van der Waals surface area contributed by atoms with Crippen molar-refractivity contribution in [2.45, 2.75) is 6.92 Å². The Kier molecular flexibility index (Phi) is 4.94. The smallest absolute Gasteiger partial charge is 0.256 e. The Morgan fingerprint density at radius 2 is 1.90 bits per heavy atom. The zero-order valence-corrected chi connectivity index (χ0v) is 12.5. The van der Waals surface area contributed by atoms with Crippen molar-refractivity contribution in [1.82, 2.24) is 5.32 Å². The lowest BCUT2D eigenvalue weighted by atomic mass is 10.2. The van der Waals surface area contributed by atoms with Crippen molar-refractivity contribution < 1.29 is 9.18 Å². The molecule has 2 rings (SSSR count). The van der Waals surface area contributed by atoms with Crippen molar-refractivity contribution in [1.29, 1.82) is 0 Å². The molecule has 0 saturated carbocycles. The number of hydrogen-bond donors (Lipinski definition) is 1. The minimum absolute atomic E-state index is 0.239. The van der Waals surface area contributed by atoms with Crippen molar-refractivity contribution >= 4 is 40.6 Å². The SMILES string of the molecule is CC(=Nc1cc(F)cc(Cl)c1)NC(=O)c1cccc(Cl)c1. The molecule has 2 aromatic carbocycles. The first-order chi connectivity index (χ1) is 9.94. The van der Waals surface area contributed by atoms with Gasteiger partial charge in [-0.1, -0.05) is 29.3 Å². The summed E-state index contributed by atoms with van der Waals surface area (Å²) in [6.07, 6.45) is 0. The van der Waals surface area contributed by atoms with E-state index in [0.717, 1.165) is 0 Å². The maximum Gasteiger partial charge on any atom is 0.256 e. The molecule has 0 saturated heterocycles. The van der Waals surface area contributed by atoms with E-state index >= 15 is 0 Å². The summed E-state index contributed by atoms with van der Waals surface area (Å²) < 4.78 is 13.2. The number of rotatable bonds is 2. The molecule has 6 heteroatoms.